The predicted octanol–water partition coefficient (Wildman–Crippen LogP) is 6.33. The van der Waals surface area contributed by atoms with Crippen LogP contribution in [0.2, 0.25) is 0 Å². The molecule has 0 fully saturated rings. The first-order valence-corrected chi connectivity index (χ1v) is 11.7. The lowest BCUT2D eigenvalue weighted by Crippen LogP contribution is -2.56. The van der Waals surface area contributed by atoms with Crippen molar-refractivity contribution in [2.75, 3.05) is 5.32 Å². The summed E-state index contributed by atoms with van der Waals surface area (Å²) in [5, 5.41) is 13.1. The minimum Gasteiger partial charge on any atom is -0.339 e. The Labute approximate surface area is 212 Å². The molecule has 0 aliphatic carbocycles. The minimum absolute atomic E-state index is 0.129. The third-order valence-electron chi connectivity index (χ3n) is 5.18. The summed E-state index contributed by atoms with van der Waals surface area (Å²) in [6, 6.07) is 27.4. The van der Waals surface area contributed by atoms with E-state index in [1.807, 2.05) is 84.9 Å². The maximum Gasteiger partial charge on any atom is 0.228 e. The number of benzene rings is 4. The van der Waals surface area contributed by atoms with Gasteiger partial charge in [0.15, 0.2) is 5.11 Å². The highest BCUT2D eigenvalue weighted by atomic mass is 35.6. The van der Waals surface area contributed by atoms with Crippen molar-refractivity contribution in [2.45, 2.75) is 16.4 Å². The number of nitrogens with one attached hydrogen (secondary N) is 3. The van der Waals surface area contributed by atoms with Gasteiger partial charge in [0.25, 0.3) is 0 Å². The van der Waals surface area contributed by atoms with Gasteiger partial charge in [-0.15, -0.1) is 0 Å². The molecule has 0 spiro atoms. The Morgan fingerprint density at radius 2 is 1.36 bits per heavy atom. The van der Waals surface area contributed by atoms with Crippen molar-refractivity contribution in [1.29, 1.82) is 0 Å². The Morgan fingerprint density at radius 3 is 2.06 bits per heavy atom. The van der Waals surface area contributed by atoms with Crippen LogP contribution in [0.4, 0.5) is 5.69 Å². The average molecular weight is 517 g/mol. The van der Waals surface area contributed by atoms with Gasteiger partial charge in [-0.05, 0) is 40.0 Å². The van der Waals surface area contributed by atoms with Gasteiger partial charge in [0, 0.05) is 11.1 Å². The summed E-state index contributed by atoms with van der Waals surface area (Å²) < 4.78 is -1.83. The predicted molar refractivity (Wildman–Crippen MR) is 143 cm³/mol. The van der Waals surface area contributed by atoms with E-state index in [-0.39, 0.29) is 17.4 Å². The molecule has 4 aromatic rings. The van der Waals surface area contributed by atoms with Gasteiger partial charge in [-0.3, -0.25) is 4.79 Å². The number of rotatable bonds is 5. The zero-order valence-electron chi connectivity index (χ0n) is 17.3. The molecule has 0 aliphatic heterocycles. The van der Waals surface area contributed by atoms with Gasteiger partial charge in [-0.25, -0.2) is 0 Å². The van der Waals surface area contributed by atoms with Crippen molar-refractivity contribution >= 4 is 85.3 Å². The van der Waals surface area contributed by atoms with Crippen molar-refractivity contribution in [1.82, 2.24) is 10.6 Å². The molecule has 1 atom stereocenters. The third-order valence-corrected chi connectivity index (χ3v) is 6.05. The standard InChI is InChI=1S/C25H20Cl3N3OS/c26-25(27,28)23(30-22(32)15-18-11-5-9-16-7-1-3-12-19(16)18)31-24(33)29-21-14-6-10-17-8-2-4-13-20(17)21/h1-14,23H,15H2,(H,30,32)(H2,29,31,33)/t23-/m0/s1. The molecule has 0 aromatic heterocycles. The van der Waals surface area contributed by atoms with Crippen molar-refractivity contribution in [3.63, 3.8) is 0 Å². The van der Waals surface area contributed by atoms with Crippen molar-refractivity contribution in [2.24, 2.45) is 0 Å². The van der Waals surface area contributed by atoms with E-state index in [4.69, 9.17) is 47.0 Å². The molecule has 4 aromatic carbocycles. The number of alkyl halides is 3. The maximum atomic E-state index is 12.8. The molecule has 168 valence electrons. The average Bonchev–Trinajstić information content (AvgIpc) is 2.78. The van der Waals surface area contributed by atoms with Crippen LogP contribution in [0.5, 0.6) is 0 Å². The molecular formula is C25H20Cl3N3OS. The van der Waals surface area contributed by atoms with Gasteiger partial charge in [0.2, 0.25) is 9.70 Å². The Balaban J connectivity index is 1.47. The van der Waals surface area contributed by atoms with Crippen LogP contribution < -0.4 is 16.0 Å². The van der Waals surface area contributed by atoms with Crippen LogP contribution >= 0.6 is 47.0 Å². The molecule has 0 radical (unpaired) electrons. The Morgan fingerprint density at radius 1 is 0.788 bits per heavy atom. The van der Waals surface area contributed by atoms with Crippen LogP contribution in [-0.4, -0.2) is 21.0 Å². The fourth-order valence-electron chi connectivity index (χ4n) is 3.66. The van der Waals surface area contributed by atoms with Gasteiger partial charge in [0.05, 0.1) is 6.42 Å². The lowest BCUT2D eigenvalue weighted by molar-refractivity contribution is -0.121. The SMILES string of the molecule is O=C(Cc1cccc2ccccc12)N[C@@H](NC(=S)Nc1cccc2ccccc12)C(Cl)(Cl)Cl. The number of hydrogen-bond acceptors (Lipinski definition) is 2. The number of anilines is 1. The molecule has 3 N–H and O–H groups in total. The monoisotopic (exact) mass is 515 g/mol. The molecule has 4 rings (SSSR count). The number of fused-ring (bicyclic) bond motifs is 2. The largest absolute Gasteiger partial charge is 0.339 e. The third kappa shape index (κ3) is 5.87. The first-order chi connectivity index (χ1) is 15.8. The number of halogens is 3. The molecule has 8 heteroatoms. The number of hydrogen-bond donors (Lipinski definition) is 3. The number of carbonyl (C=O) groups is 1. The van der Waals surface area contributed by atoms with Crippen LogP contribution in [0.1, 0.15) is 5.56 Å². The fraction of sp³-hybridized carbons (Fsp3) is 0.120. The molecule has 0 aliphatic rings. The topological polar surface area (TPSA) is 53.2 Å². The van der Waals surface area contributed by atoms with Gasteiger partial charge < -0.3 is 16.0 Å². The van der Waals surface area contributed by atoms with Crippen LogP contribution in [0.25, 0.3) is 21.5 Å². The maximum absolute atomic E-state index is 12.8. The zero-order chi connectivity index (χ0) is 23.4. The summed E-state index contributed by atoms with van der Waals surface area (Å²) in [6.45, 7) is 0. The van der Waals surface area contributed by atoms with E-state index in [2.05, 4.69) is 16.0 Å². The summed E-state index contributed by atoms with van der Waals surface area (Å²) in [5.74, 6) is -0.303. The fourth-order valence-corrected chi connectivity index (χ4v) is 4.21. The van der Waals surface area contributed by atoms with Crippen LogP contribution in [0.3, 0.4) is 0 Å². The summed E-state index contributed by atoms with van der Waals surface area (Å²) in [7, 11) is 0. The molecule has 0 bridgehead atoms. The summed E-state index contributed by atoms with van der Waals surface area (Å²) >= 11 is 23.9. The summed E-state index contributed by atoms with van der Waals surface area (Å²) in [5.41, 5.74) is 1.68. The first kappa shape index (κ1) is 23.6. The van der Waals surface area contributed by atoms with E-state index < -0.39 is 9.96 Å². The summed E-state index contributed by atoms with van der Waals surface area (Å²) in [6.07, 6.45) is -0.913. The van der Waals surface area contributed by atoms with Crippen LogP contribution in [-0.2, 0) is 11.2 Å². The second-order valence-electron chi connectivity index (χ2n) is 7.48. The lowest BCUT2D eigenvalue weighted by atomic mass is 10.0. The Bertz CT molecular complexity index is 1220. The van der Waals surface area contributed by atoms with Gasteiger partial charge >= 0.3 is 0 Å². The van der Waals surface area contributed by atoms with Crippen molar-refractivity contribution in [3.05, 3.63) is 90.5 Å². The molecular weight excluding hydrogens is 497 g/mol. The highest BCUT2D eigenvalue weighted by Crippen LogP contribution is 2.30. The molecule has 1 amide bonds. The second kappa shape index (κ2) is 10.1. The number of carbonyl (C=O) groups excluding carboxylic acids is 1. The van der Waals surface area contributed by atoms with E-state index in [1.54, 1.807) is 0 Å². The van der Waals surface area contributed by atoms with Gasteiger partial charge in [0.1, 0.15) is 6.17 Å². The first-order valence-electron chi connectivity index (χ1n) is 10.2. The van der Waals surface area contributed by atoms with Crippen molar-refractivity contribution < 1.29 is 4.79 Å². The van der Waals surface area contributed by atoms with E-state index >= 15 is 0 Å². The molecule has 4 nitrogen and oxygen atoms in total. The van der Waals surface area contributed by atoms with Gasteiger partial charge in [-0.2, -0.15) is 0 Å². The normalized spacial score (nSPS) is 12.3. The molecule has 0 heterocycles. The van der Waals surface area contributed by atoms with E-state index in [1.165, 1.54) is 0 Å². The zero-order valence-corrected chi connectivity index (χ0v) is 20.4. The lowest BCUT2D eigenvalue weighted by Gasteiger charge is -2.28. The van der Waals surface area contributed by atoms with Crippen LogP contribution in [0, 0.1) is 0 Å². The van der Waals surface area contributed by atoms with E-state index in [9.17, 15) is 4.79 Å². The van der Waals surface area contributed by atoms with Crippen molar-refractivity contribution in [3.8, 4) is 0 Å². The second-order valence-corrected chi connectivity index (χ2v) is 10.3. The summed E-state index contributed by atoms with van der Waals surface area (Å²) in [4.78, 5) is 12.8. The van der Waals surface area contributed by atoms with Crippen LogP contribution in [0.15, 0.2) is 84.9 Å². The van der Waals surface area contributed by atoms with E-state index in [0.29, 0.717) is 0 Å². The molecule has 0 saturated heterocycles. The number of thiocarbonyl (C=S) groups is 1. The molecule has 33 heavy (non-hydrogen) atoms. The van der Waals surface area contributed by atoms with Gasteiger partial charge in [-0.1, -0.05) is 114 Å². The highest BCUT2D eigenvalue weighted by Gasteiger charge is 2.34. The minimum atomic E-state index is -1.83. The highest BCUT2D eigenvalue weighted by molar-refractivity contribution is 7.80. The molecule has 0 saturated carbocycles. The quantitative estimate of drug-likeness (QED) is 0.165. The Hall–Kier alpha value is -2.57. The number of amides is 1. The Kier molecular flexibility index (Phi) is 7.25. The smallest absolute Gasteiger partial charge is 0.228 e. The molecule has 0 unspecified atom stereocenters. The van der Waals surface area contributed by atoms with E-state index in [0.717, 1.165) is 32.8 Å².